The number of hydrogen-bond donors (Lipinski definition) is 3. The quantitative estimate of drug-likeness (QED) is 0.732. The first-order chi connectivity index (χ1) is 9.49. The molecular weight excluding hydrogens is 273 g/mol. The highest BCUT2D eigenvalue weighted by Crippen LogP contribution is 2.21. The molecule has 7 heteroatoms. The SMILES string of the molecule is O=C(Nc1ccc(F)c(F)c1F)NC1CCCCC1O. The van der Waals surface area contributed by atoms with Crippen molar-refractivity contribution in [3.05, 3.63) is 29.6 Å². The number of anilines is 1. The topological polar surface area (TPSA) is 61.4 Å². The number of aliphatic hydroxyl groups is 1. The van der Waals surface area contributed by atoms with Gasteiger partial charge in [0.15, 0.2) is 17.5 Å². The van der Waals surface area contributed by atoms with Crippen LogP contribution in [0.5, 0.6) is 0 Å². The third-order valence-electron chi connectivity index (χ3n) is 3.33. The Kier molecular flexibility index (Phi) is 4.49. The predicted octanol–water partition coefficient (Wildman–Crippen LogP) is 2.53. The summed E-state index contributed by atoms with van der Waals surface area (Å²) in [5.74, 6) is -4.42. The van der Waals surface area contributed by atoms with Gasteiger partial charge in [-0.3, -0.25) is 0 Å². The molecule has 2 rings (SSSR count). The average molecular weight is 288 g/mol. The van der Waals surface area contributed by atoms with Gasteiger partial charge in [0.25, 0.3) is 0 Å². The minimum atomic E-state index is -1.64. The van der Waals surface area contributed by atoms with Crippen LogP contribution in [-0.4, -0.2) is 23.3 Å². The average Bonchev–Trinajstić information content (AvgIpc) is 2.42. The highest BCUT2D eigenvalue weighted by molar-refractivity contribution is 5.89. The van der Waals surface area contributed by atoms with Crippen LogP contribution in [0.3, 0.4) is 0 Å². The Balaban J connectivity index is 1.99. The maximum absolute atomic E-state index is 13.4. The zero-order valence-corrected chi connectivity index (χ0v) is 10.6. The number of amides is 2. The zero-order valence-electron chi connectivity index (χ0n) is 10.6. The van der Waals surface area contributed by atoms with Gasteiger partial charge >= 0.3 is 6.03 Å². The van der Waals surface area contributed by atoms with Gasteiger partial charge in [-0.15, -0.1) is 0 Å². The summed E-state index contributed by atoms with van der Waals surface area (Å²) >= 11 is 0. The molecule has 2 atom stereocenters. The van der Waals surface area contributed by atoms with Crippen LogP contribution >= 0.6 is 0 Å². The Labute approximate surface area is 114 Å². The molecule has 1 aromatic carbocycles. The third kappa shape index (κ3) is 3.22. The number of halogens is 3. The summed E-state index contributed by atoms with van der Waals surface area (Å²) in [4.78, 5) is 11.7. The predicted molar refractivity (Wildman–Crippen MR) is 66.7 cm³/mol. The number of benzene rings is 1. The number of rotatable bonds is 2. The second kappa shape index (κ2) is 6.13. The van der Waals surface area contributed by atoms with Gasteiger partial charge in [-0.05, 0) is 25.0 Å². The molecule has 20 heavy (non-hydrogen) atoms. The molecule has 1 saturated carbocycles. The highest BCUT2D eigenvalue weighted by atomic mass is 19.2. The van der Waals surface area contributed by atoms with Gasteiger partial charge in [0, 0.05) is 0 Å². The molecule has 0 radical (unpaired) electrons. The second-order valence-electron chi connectivity index (χ2n) is 4.78. The van der Waals surface area contributed by atoms with Gasteiger partial charge in [0.05, 0.1) is 17.8 Å². The first-order valence-electron chi connectivity index (χ1n) is 6.38. The number of hydrogen-bond acceptors (Lipinski definition) is 2. The summed E-state index contributed by atoms with van der Waals surface area (Å²) < 4.78 is 39.1. The van der Waals surface area contributed by atoms with Crippen molar-refractivity contribution >= 4 is 11.7 Å². The van der Waals surface area contributed by atoms with Crippen LogP contribution in [0.1, 0.15) is 25.7 Å². The van der Waals surface area contributed by atoms with Crippen molar-refractivity contribution in [2.24, 2.45) is 0 Å². The van der Waals surface area contributed by atoms with E-state index in [1.165, 1.54) is 0 Å². The lowest BCUT2D eigenvalue weighted by Gasteiger charge is -2.28. The molecular formula is C13H15F3N2O2. The summed E-state index contributed by atoms with van der Waals surface area (Å²) in [5.41, 5.74) is -0.452. The van der Waals surface area contributed by atoms with E-state index in [1.807, 2.05) is 0 Å². The van der Waals surface area contributed by atoms with Gasteiger partial charge in [0.2, 0.25) is 0 Å². The van der Waals surface area contributed by atoms with E-state index < -0.39 is 41.3 Å². The largest absolute Gasteiger partial charge is 0.391 e. The summed E-state index contributed by atoms with van der Waals surface area (Å²) in [6, 6.07) is 0.478. The standard InChI is InChI=1S/C13H15F3N2O2/c14-7-5-6-9(12(16)11(7)15)18-13(20)17-8-3-1-2-4-10(8)19/h5-6,8,10,19H,1-4H2,(H2,17,18,20). The van der Waals surface area contributed by atoms with Crippen molar-refractivity contribution in [3.63, 3.8) is 0 Å². The lowest BCUT2D eigenvalue weighted by Crippen LogP contribution is -2.46. The van der Waals surface area contributed by atoms with Crippen LogP contribution < -0.4 is 10.6 Å². The molecule has 0 aromatic heterocycles. The summed E-state index contributed by atoms with van der Waals surface area (Å²) in [7, 11) is 0. The first-order valence-corrected chi connectivity index (χ1v) is 6.38. The van der Waals surface area contributed by atoms with Crippen molar-refractivity contribution in [1.82, 2.24) is 5.32 Å². The van der Waals surface area contributed by atoms with Crippen molar-refractivity contribution in [2.75, 3.05) is 5.32 Å². The third-order valence-corrected chi connectivity index (χ3v) is 3.33. The van der Waals surface area contributed by atoms with E-state index in [-0.39, 0.29) is 0 Å². The Hall–Kier alpha value is -1.76. The Morgan fingerprint density at radius 1 is 1.15 bits per heavy atom. The molecule has 4 nitrogen and oxygen atoms in total. The van der Waals surface area contributed by atoms with Crippen LogP contribution in [0.25, 0.3) is 0 Å². The molecule has 110 valence electrons. The highest BCUT2D eigenvalue weighted by Gasteiger charge is 2.25. The van der Waals surface area contributed by atoms with Crippen LogP contribution in [0.15, 0.2) is 12.1 Å². The maximum atomic E-state index is 13.4. The molecule has 1 aliphatic rings. The van der Waals surface area contributed by atoms with Gasteiger partial charge in [0.1, 0.15) is 0 Å². The van der Waals surface area contributed by atoms with E-state index in [1.54, 1.807) is 0 Å². The minimum absolute atomic E-state index is 0.419. The van der Waals surface area contributed by atoms with Crippen LogP contribution in [0, 0.1) is 17.5 Å². The molecule has 0 aliphatic heterocycles. The fourth-order valence-electron chi connectivity index (χ4n) is 2.23. The summed E-state index contributed by atoms with van der Waals surface area (Å²) in [5, 5.41) is 14.3. The molecule has 0 saturated heterocycles. The Morgan fingerprint density at radius 3 is 2.55 bits per heavy atom. The second-order valence-corrected chi connectivity index (χ2v) is 4.78. The first kappa shape index (κ1) is 14.6. The molecule has 0 spiro atoms. The molecule has 1 aliphatic carbocycles. The monoisotopic (exact) mass is 288 g/mol. The van der Waals surface area contributed by atoms with Crippen molar-refractivity contribution < 1.29 is 23.1 Å². The maximum Gasteiger partial charge on any atom is 0.319 e. The van der Waals surface area contributed by atoms with Gasteiger partial charge < -0.3 is 15.7 Å². The lowest BCUT2D eigenvalue weighted by molar-refractivity contribution is 0.0955. The fraction of sp³-hybridized carbons (Fsp3) is 0.462. The number of carbonyl (C=O) groups is 1. The van der Waals surface area contributed by atoms with E-state index in [0.717, 1.165) is 25.0 Å². The fourth-order valence-corrected chi connectivity index (χ4v) is 2.23. The number of nitrogens with one attached hydrogen (secondary N) is 2. The van der Waals surface area contributed by atoms with Crippen molar-refractivity contribution in [3.8, 4) is 0 Å². The minimum Gasteiger partial charge on any atom is -0.391 e. The Morgan fingerprint density at radius 2 is 1.85 bits per heavy atom. The molecule has 0 heterocycles. The summed E-state index contributed by atoms with van der Waals surface area (Å²) in [6.07, 6.45) is 2.32. The van der Waals surface area contributed by atoms with Gasteiger partial charge in [-0.1, -0.05) is 12.8 Å². The van der Waals surface area contributed by atoms with Crippen molar-refractivity contribution in [1.29, 1.82) is 0 Å². The molecule has 1 fully saturated rings. The Bertz CT molecular complexity index is 511. The molecule has 3 N–H and O–H groups in total. The smallest absolute Gasteiger partial charge is 0.319 e. The van der Waals surface area contributed by atoms with E-state index >= 15 is 0 Å². The van der Waals surface area contributed by atoms with E-state index in [9.17, 15) is 23.1 Å². The summed E-state index contributed by atoms with van der Waals surface area (Å²) in [6.45, 7) is 0. The van der Waals surface area contributed by atoms with E-state index in [4.69, 9.17) is 0 Å². The molecule has 2 amide bonds. The zero-order chi connectivity index (χ0) is 14.7. The molecule has 2 unspecified atom stereocenters. The normalized spacial score (nSPS) is 22.4. The molecule has 1 aromatic rings. The van der Waals surface area contributed by atoms with E-state index in [2.05, 4.69) is 10.6 Å². The number of carbonyl (C=O) groups excluding carboxylic acids is 1. The van der Waals surface area contributed by atoms with Gasteiger partial charge in [-0.2, -0.15) is 0 Å². The van der Waals surface area contributed by atoms with Crippen LogP contribution in [-0.2, 0) is 0 Å². The van der Waals surface area contributed by atoms with Crippen LogP contribution in [0.4, 0.5) is 23.7 Å². The molecule has 0 bridgehead atoms. The van der Waals surface area contributed by atoms with Crippen LogP contribution in [0.2, 0.25) is 0 Å². The van der Waals surface area contributed by atoms with Gasteiger partial charge in [-0.25, -0.2) is 18.0 Å². The number of aliphatic hydroxyl groups excluding tert-OH is 1. The van der Waals surface area contributed by atoms with E-state index in [0.29, 0.717) is 12.8 Å². The van der Waals surface area contributed by atoms with Crippen molar-refractivity contribution in [2.45, 2.75) is 37.8 Å². The number of urea groups is 1. The lowest BCUT2D eigenvalue weighted by atomic mass is 9.93.